The molecule has 0 amide bonds. The molecule has 0 radical (unpaired) electrons. The topological polar surface area (TPSA) is 21.3 Å². The van der Waals surface area contributed by atoms with E-state index in [4.69, 9.17) is 16.3 Å². The number of benzene rings is 1. The van der Waals surface area contributed by atoms with Crippen LogP contribution in [0.15, 0.2) is 12.1 Å². The molecule has 2 atom stereocenters. The molecule has 1 aliphatic heterocycles. The molecule has 0 spiro atoms. The fourth-order valence-electron chi connectivity index (χ4n) is 2.02. The Labute approximate surface area is 93.4 Å². The molecule has 0 saturated carbocycles. The van der Waals surface area contributed by atoms with Gasteiger partial charge in [0, 0.05) is 5.56 Å². The highest BCUT2D eigenvalue weighted by molar-refractivity contribution is 6.32. The lowest BCUT2D eigenvalue weighted by Gasteiger charge is -2.16. The molecule has 2 rings (SSSR count). The first-order valence-electron chi connectivity index (χ1n) is 5.00. The van der Waals surface area contributed by atoms with Crippen LogP contribution in [0.5, 0.6) is 5.75 Å². The molecule has 1 aromatic carbocycles. The van der Waals surface area contributed by atoms with Gasteiger partial charge in [0.05, 0.1) is 11.1 Å². The normalized spacial score (nSPS) is 23.7. The van der Waals surface area contributed by atoms with Crippen molar-refractivity contribution in [2.24, 2.45) is 0 Å². The molecule has 4 heteroatoms. The van der Waals surface area contributed by atoms with E-state index in [0.29, 0.717) is 10.8 Å². The summed E-state index contributed by atoms with van der Waals surface area (Å²) in [6, 6.07) is 2.79. The van der Waals surface area contributed by atoms with Gasteiger partial charge >= 0.3 is 0 Å². The molecule has 82 valence electrons. The Morgan fingerprint density at radius 2 is 2.27 bits per heavy atom. The zero-order valence-electron chi connectivity index (χ0n) is 8.68. The summed E-state index contributed by atoms with van der Waals surface area (Å²) in [6.45, 7) is 2.03. The first-order valence-corrected chi connectivity index (χ1v) is 5.38. The van der Waals surface area contributed by atoms with E-state index in [-0.39, 0.29) is 18.0 Å². The van der Waals surface area contributed by atoms with Crippen LogP contribution in [0.3, 0.4) is 0 Å². The molecule has 0 bridgehead atoms. The van der Waals surface area contributed by atoms with Crippen LogP contribution in [-0.2, 0) is 0 Å². The van der Waals surface area contributed by atoms with Crippen LogP contribution in [-0.4, -0.2) is 13.2 Å². The van der Waals surface area contributed by atoms with Gasteiger partial charge in [0.2, 0.25) is 0 Å². The lowest BCUT2D eigenvalue weighted by molar-refractivity contribution is 0.189. The number of rotatable bonds is 2. The van der Waals surface area contributed by atoms with E-state index in [1.54, 1.807) is 0 Å². The molecule has 1 aromatic rings. The van der Waals surface area contributed by atoms with Gasteiger partial charge in [0.1, 0.15) is 17.7 Å². The van der Waals surface area contributed by atoms with Crippen molar-refractivity contribution in [3.63, 3.8) is 0 Å². The van der Waals surface area contributed by atoms with Gasteiger partial charge < -0.3 is 10.1 Å². The molecule has 0 fully saturated rings. The van der Waals surface area contributed by atoms with Gasteiger partial charge in [-0.05, 0) is 25.6 Å². The highest BCUT2D eigenvalue weighted by Gasteiger charge is 2.34. The van der Waals surface area contributed by atoms with Crippen molar-refractivity contribution < 1.29 is 9.13 Å². The fourth-order valence-corrected chi connectivity index (χ4v) is 2.27. The highest BCUT2D eigenvalue weighted by atomic mass is 35.5. The van der Waals surface area contributed by atoms with Gasteiger partial charge in [-0.15, -0.1) is 0 Å². The quantitative estimate of drug-likeness (QED) is 0.842. The van der Waals surface area contributed by atoms with Crippen molar-refractivity contribution in [1.82, 2.24) is 5.32 Å². The van der Waals surface area contributed by atoms with E-state index in [1.807, 2.05) is 14.0 Å². The lowest BCUT2D eigenvalue weighted by atomic mass is 10.0. The average molecular weight is 230 g/mol. The monoisotopic (exact) mass is 229 g/mol. The number of halogens is 2. The molecule has 1 heterocycles. The van der Waals surface area contributed by atoms with Gasteiger partial charge in [-0.3, -0.25) is 0 Å². The van der Waals surface area contributed by atoms with E-state index in [2.05, 4.69) is 5.32 Å². The van der Waals surface area contributed by atoms with Crippen LogP contribution in [0.25, 0.3) is 0 Å². The van der Waals surface area contributed by atoms with Gasteiger partial charge in [-0.1, -0.05) is 18.5 Å². The van der Waals surface area contributed by atoms with E-state index >= 15 is 0 Å². The highest BCUT2D eigenvalue weighted by Crippen LogP contribution is 2.42. The zero-order valence-corrected chi connectivity index (χ0v) is 9.44. The molecule has 1 N–H and O–H groups in total. The Morgan fingerprint density at radius 1 is 1.53 bits per heavy atom. The van der Waals surface area contributed by atoms with Crippen LogP contribution in [0.2, 0.25) is 5.02 Å². The average Bonchev–Trinajstić information content (AvgIpc) is 2.55. The Morgan fingerprint density at radius 3 is 2.87 bits per heavy atom. The van der Waals surface area contributed by atoms with Crippen LogP contribution < -0.4 is 10.1 Å². The summed E-state index contributed by atoms with van der Waals surface area (Å²) in [5, 5.41) is 3.47. The van der Waals surface area contributed by atoms with Gasteiger partial charge in [0.15, 0.2) is 0 Å². The molecular weight excluding hydrogens is 217 g/mol. The van der Waals surface area contributed by atoms with Crippen LogP contribution >= 0.6 is 11.6 Å². The SMILES string of the molecule is CCC1Oc2c(Cl)cc(F)cc2C1NC. The number of hydrogen-bond donors (Lipinski definition) is 1. The van der Waals surface area contributed by atoms with Crippen molar-refractivity contribution >= 4 is 11.6 Å². The molecule has 1 aliphatic rings. The summed E-state index contributed by atoms with van der Waals surface area (Å²) in [7, 11) is 1.84. The summed E-state index contributed by atoms with van der Waals surface area (Å²) in [5.74, 6) is 0.295. The Hall–Kier alpha value is -0.800. The summed E-state index contributed by atoms with van der Waals surface area (Å²) in [5.41, 5.74) is 0.814. The van der Waals surface area contributed by atoms with Crippen molar-refractivity contribution in [3.05, 3.63) is 28.5 Å². The molecule has 2 unspecified atom stereocenters. The largest absolute Gasteiger partial charge is 0.487 e. The summed E-state index contributed by atoms with van der Waals surface area (Å²) in [4.78, 5) is 0. The third kappa shape index (κ3) is 1.70. The number of ether oxygens (including phenoxy) is 1. The third-order valence-electron chi connectivity index (χ3n) is 2.73. The number of likely N-dealkylation sites (N-methyl/N-ethyl adjacent to an activating group) is 1. The molecule has 0 aliphatic carbocycles. The first-order chi connectivity index (χ1) is 7.17. The predicted molar refractivity (Wildman–Crippen MR) is 57.9 cm³/mol. The van der Waals surface area contributed by atoms with E-state index in [1.165, 1.54) is 12.1 Å². The van der Waals surface area contributed by atoms with Crippen molar-refractivity contribution in [2.75, 3.05) is 7.05 Å². The lowest BCUT2D eigenvalue weighted by Crippen LogP contribution is -2.27. The van der Waals surface area contributed by atoms with Crippen LogP contribution in [0.1, 0.15) is 24.9 Å². The Bertz CT molecular complexity index is 383. The van der Waals surface area contributed by atoms with E-state index in [0.717, 1.165) is 12.0 Å². The standard InChI is InChI=1S/C11H13ClFNO/c1-3-9-10(14-2)7-4-6(13)5-8(12)11(7)15-9/h4-5,9-10,14H,3H2,1-2H3. The van der Waals surface area contributed by atoms with Crippen LogP contribution in [0, 0.1) is 5.82 Å². The van der Waals surface area contributed by atoms with Crippen molar-refractivity contribution in [2.45, 2.75) is 25.5 Å². The summed E-state index contributed by atoms with van der Waals surface area (Å²) in [6.07, 6.45) is 0.891. The summed E-state index contributed by atoms with van der Waals surface area (Å²) < 4.78 is 18.9. The predicted octanol–water partition coefficient (Wildman–Crippen LogP) is 2.91. The smallest absolute Gasteiger partial charge is 0.143 e. The Kier molecular flexibility index (Phi) is 2.85. The second kappa shape index (κ2) is 3.99. The molecule has 0 aromatic heterocycles. The van der Waals surface area contributed by atoms with Crippen LogP contribution in [0.4, 0.5) is 4.39 Å². The minimum atomic E-state index is -0.320. The van der Waals surface area contributed by atoms with E-state index < -0.39 is 0 Å². The third-order valence-corrected chi connectivity index (χ3v) is 3.01. The zero-order chi connectivity index (χ0) is 11.0. The van der Waals surface area contributed by atoms with E-state index in [9.17, 15) is 4.39 Å². The fraction of sp³-hybridized carbons (Fsp3) is 0.455. The Balaban J connectivity index is 2.47. The minimum Gasteiger partial charge on any atom is -0.487 e. The maximum Gasteiger partial charge on any atom is 0.143 e. The second-order valence-electron chi connectivity index (χ2n) is 3.64. The van der Waals surface area contributed by atoms with Gasteiger partial charge in [-0.2, -0.15) is 0 Å². The number of fused-ring (bicyclic) bond motifs is 1. The molecular formula is C11H13ClFNO. The maximum absolute atomic E-state index is 13.2. The number of hydrogen-bond acceptors (Lipinski definition) is 2. The van der Waals surface area contributed by atoms with Gasteiger partial charge in [-0.25, -0.2) is 4.39 Å². The minimum absolute atomic E-state index is 0.0261. The summed E-state index contributed by atoms with van der Waals surface area (Å²) >= 11 is 5.93. The van der Waals surface area contributed by atoms with Crippen molar-refractivity contribution in [1.29, 1.82) is 0 Å². The van der Waals surface area contributed by atoms with Gasteiger partial charge in [0.25, 0.3) is 0 Å². The molecule has 15 heavy (non-hydrogen) atoms. The molecule has 2 nitrogen and oxygen atoms in total. The maximum atomic E-state index is 13.2. The first kappa shape index (κ1) is 10.7. The van der Waals surface area contributed by atoms with Crippen molar-refractivity contribution in [3.8, 4) is 5.75 Å². The number of nitrogens with one attached hydrogen (secondary N) is 1. The molecule has 0 saturated heterocycles. The second-order valence-corrected chi connectivity index (χ2v) is 4.04.